The molecule has 0 bridgehead atoms. The average Bonchev–Trinajstić information content (AvgIpc) is 3.60. The predicted molar refractivity (Wildman–Crippen MR) is 162 cm³/mol. The minimum atomic E-state index is -4.71. The third-order valence-corrected chi connectivity index (χ3v) is 10.8. The van der Waals surface area contributed by atoms with Crippen molar-refractivity contribution in [2.75, 3.05) is 13.7 Å². The Labute approximate surface area is 265 Å². The Morgan fingerprint density at radius 1 is 1.13 bits per heavy atom. The summed E-state index contributed by atoms with van der Waals surface area (Å²) in [4.78, 5) is 22.5. The van der Waals surface area contributed by atoms with Crippen LogP contribution < -0.4 is 4.74 Å². The number of pyridine rings is 3. The second kappa shape index (κ2) is 10.9. The number of aromatic nitrogens is 5. The minimum absolute atomic E-state index is 0.00126. The van der Waals surface area contributed by atoms with Gasteiger partial charge in [-0.25, -0.2) is 4.98 Å². The minimum Gasteiger partial charge on any atom is -0.469 e. The maximum Gasteiger partial charge on any atom is 0.452 e. The van der Waals surface area contributed by atoms with Gasteiger partial charge in [0.1, 0.15) is 10.5 Å². The zero-order chi connectivity index (χ0) is 33.4. The third-order valence-electron chi connectivity index (χ3n) is 8.94. The molecule has 1 fully saturated rings. The summed E-state index contributed by atoms with van der Waals surface area (Å²) in [6.45, 7) is 9.04. The molecule has 1 aliphatic heterocycles. The highest BCUT2D eigenvalue weighted by atomic mass is 32.3. The molecule has 1 atom stereocenters. The number of methoxy groups -OCH3 is 1. The SMILES string of the molecule is COC(=O)C(C)(C)C(c1cc(CN2CC3(CC3)Oc3ncc(C)cc3S2(O)O)c(C)cn1)c1ccn2c(C(F)(F)F)nnc2c1C. The second-order valence-corrected chi connectivity index (χ2v) is 14.7. The van der Waals surface area contributed by atoms with Crippen LogP contribution in [-0.2, 0) is 22.3 Å². The monoisotopic (exact) mass is 660 g/mol. The molecule has 0 radical (unpaired) electrons. The van der Waals surface area contributed by atoms with Crippen LogP contribution in [0.25, 0.3) is 5.65 Å². The number of alkyl halides is 3. The van der Waals surface area contributed by atoms with Crippen molar-refractivity contribution < 1.29 is 36.5 Å². The van der Waals surface area contributed by atoms with E-state index in [1.165, 1.54) is 19.4 Å². The molecular weight excluding hydrogens is 625 g/mol. The first-order valence-electron chi connectivity index (χ1n) is 14.6. The summed E-state index contributed by atoms with van der Waals surface area (Å²) >= 11 is 0. The topological polar surface area (TPSA) is 135 Å². The molecule has 15 heteroatoms. The number of esters is 1. The van der Waals surface area contributed by atoms with Crippen molar-refractivity contribution in [3.63, 3.8) is 0 Å². The molecular formula is C31H35F3N6O5S. The fraction of sp³-hybridized carbons (Fsp3) is 0.452. The van der Waals surface area contributed by atoms with Crippen LogP contribution in [0.4, 0.5) is 13.2 Å². The Kier molecular flexibility index (Phi) is 7.62. The van der Waals surface area contributed by atoms with Crippen LogP contribution in [0.1, 0.15) is 71.9 Å². The Hall–Kier alpha value is -3.79. The van der Waals surface area contributed by atoms with E-state index in [-0.39, 0.29) is 29.5 Å². The third kappa shape index (κ3) is 5.38. The molecule has 1 unspecified atom stereocenters. The lowest BCUT2D eigenvalue weighted by atomic mass is 9.71. The number of hydrogen-bond acceptors (Lipinski definition) is 10. The highest BCUT2D eigenvalue weighted by Crippen LogP contribution is 2.61. The number of hydrogen-bond donors (Lipinski definition) is 2. The van der Waals surface area contributed by atoms with Gasteiger partial charge in [-0.3, -0.25) is 23.3 Å². The second-order valence-electron chi connectivity index (χ2n) is 12.7. The van der Waals surface area contributed by atoms with E-state index in [0.29, 0.717) is 16.8 Å². The van der Waals surface area contributed by atoms with Gasteiger partial charge in [-0.05, 0) is 93.5 Å². The van der Waals surface area contributed by atoms with Crippen molar-refractivity contribution in [1.29, 1.82) is 0 Å². The zero-order valence-corrected chi connectivity index (χ0v) is 27.0. The Morgan fingerprint density at radius 2 is 1.85 bits per heavy atom. The Morgan fingerprint density at radius 3 is 2.50 bits per heavy atom. The lowest BCUT2D eigenvalue weighted by Crippen LogP contribution is -2.36. The van der Waals surface area contributed by atoms with Gasteiger partial charge >= 0.3 is 12.1 Å². The van der Waals surface area contributed by atoms with E-state index < -0.39 is 45.7 Å². The number of aryl methyl sites for hydroxylation is 3. The van der Waals surface area contributed by atoms with Crippen LogP contribution in [0.5, 0.6) is 5.88 Å². The summed E-state index contributed by atoms with van der Waals surface area (Å²) in [6, 6.07) is 5.00. The molecule has 2 N–H and O–H groups in total. The maximum atomic E-state index is 13.6. The average molecular weight is 661 g/mol. The molecule has 5 heterocycles. The fourth-order valence-electron chi connectivity index (χ4n) is 6.14. The van der Waals surface area contributed by atoms with Gasteiger partial charge in [0.25, 0.3) is 0 Å². The van der Waals surface area contributed by atoms with Crippen molar-refractivity contribution >= 4 is 22.4 Å². The number of carbonyl (C=O) groups excluding carboxylic acids is 1. The Balaban J connectivity index is 1.46. The summed E-state index contributed by atoms with van der Waals surface area (Å²) in [6.07, 6.45) is 1.28. The molecule has 4 aromatic rings. The van der Waals surface area contributed by atoms with Crippen LogP contribution >= 0.6 is 10.8 Å². The molecule has 246 valence electrons. The zero-order valence-electron chi connectivity index (χ0n) is 26.2. The molecule has 4 aromatic heterocycles. The summed E-state index contributed by atoms with van der Waals surface area (Å²) in [7, 11) is -2.25. The van der Waals surface area contributed by atoms with E-state index in [2.05, 4.69) is 15.2 Å². The predicted octanol–water partition coefficient (Wildman–Crippen LogP) is 6.25. The van der Waals surface area contributed by atoms with E-state index in [4.69, 9.17) is 14.5 Å². The van der Waals surface area contributed by atoms with E-state index in [1.807, 2.05) is 13.8 Å². The molecule has 46 heavy (non-hydrogen) atoms. The highest BCUT2D eigenvalue weighted by molar-refractivity contribution is 8.22. The first-order valence-corrected chi connectivity index (χ1v) is 16.1. The highest BCUT2D eigenvalue weighted by Gasteiger charge is 2.53. The largest absolute Gasteiger partial charge is 0.469 e. The fourth-order valence-corrected chi connectivity index (χ4v) is 7.83. The van der Waals surface area contributed by atoms with Crippen molar-refractivity contribution in [1.82, 2.24) is 28.9 Å². The van der Waals surface area contributed by atoms with Gasteiger partial charge in [0.05, 0.1) is 19.1 Å². The lowest BCUT2D eigenvalue weighted by molar-refractivity contribution is -0.151. The van der Waals surface area contributed by atoms with Crippen LogP contribution in [0.2, 0.25) is 0 Å². The van der Waals surface area contributed by atoms with Gasteiger partial charge in [0.15, 0.2) is 5.65 Å². The van der Waals surface area contributed by atoms with Crippen LogP contribution in [0, 0.1) is 26.2 Å². The molecule has 1 saturated carbocycles. The number of ether oxygens (including phenoxy) is 2. The van der Waals surface area contributed by atoms with E-state index in [9.17, 15) is 27.1 Å². The van der Waals surface area contributed by atoms with E-state index in [1.54, 1.807) is 49.6 Å². The molecule has 2 aliphatic rings. The number of carbonyl (C=O) groups is 1. The number of nitrogens with zero attached hydrogens (tertiary/aromatic N) is 6. The first kappa shape index (κ1) is 32.2. The Bertz CT molecular complexity index is 1860. The van der Waals surface area contributed by atoms with Crippen LogP contribution in [0.3, 0.4) is 0 Å². The molecule has 6 rings (SSSR count). The van der Waals surface area contributed by atoms with Gasteiger partial charge in [-0.15, -0.1) is 21.0 Å². The number of rotatable bonds is 6. The smallest absolute Gasteiger partial charge is 0.452 e. The lowest BCUT2D eigenvalue weighted by Gasteiger charge is -2.42. The van der Waals surface area contributed by atoms with Crippen LogP contribution in [0.15, 0.2) is 41.7 Å². The summed E-state index contributed by atoms with van der Waals surface area (Å²) < 4.78 is 78.0. The molecule has 11 nitrogen and oxygen atoms in total. The quantitative estimate of drug-likeness (QED) is 0.229. The van der Waals surface area contributed by atoms with E-state index in [0.717, 1.165) is 33.9 Å². The van der Waals surface area contributed by atoms with Gasteiger partial charge in [-0.2, -0.15) is 17.5 Å². The van der Waals surface area contributed by atoms with Crippen molar-refractivity contribution in [2.45, 2.75) is 76.6 Å². The van der Waals surface area contributed by atoms with Gasteiger partial charge in [-0.1, -0.05) is 0 Å². The van der Waals surface area contributed by atoms with Crippen molar-refractivity contribution in [3.8, 4) is 5.88 Å². The van der Waals surface area contributed by atoms with Gasteiger partial charge in [0.2, 0.25) is 11.7 Å². The standard InChI is InChI=1S/C31H35F3N6O5S/c1-17-11-23-26(36-13-17)45-30(8-9-30)16-39(46(23,42)43)15-20-12-22(35-14-18(20)2)24(29(4,5)28(41)44-6)21-7-10-40-25(19(21)3)37-38-27(40)31(32,33)34/h7,10-14,24,42-43H,8-9,15-16H2,1-6H3. The number of fused-ring (bicyclic) bond motifs is 2. The van der Waals surface area contributed by atoms with Gasteiger partial charge < -0.3 is 9.47 Å². The van der Waals surface area contributed by atoms with Crippen molar-refractivity contribution in [3.05, 3.63) is 76.1 Å². The summed E-state index contributed by atoms with van der Waals surface area (Å²) in [5.41, 5.74) is 1.78. The maximum absolute atomic E-state index is 13.6. The van der Waals surface area contributed by atoms with Gasteiger partial charge in [0, 0.05) is 36.7 Å². The molecule has 1 aliphatic carbocycles. The van der Waals surface area contributed by atoms with E-state index >= 15 is 0 Å². The van der Waals surface area contributed by atoms with Crippen LogP contribution in [-0.4, -0.2) is 63.2 Å². The number of halogens is 3. The first-order chi connectivity index (χ1) is 21.5. The molecule has 0 saturated heterocycles. The molecule has 0 amide bonds. The summed E-state index contributed by atoms with van der Waals surface area (Å²) in [5.74, 6) is -2.28. The summed E-state index contributed by atoms with van der Waals surface area (Å²) in [5, 5.41) is 7.21. The van der Waals surface area contributed by atoms with Crippen molar-refractivity contribution in [2.24, 2.45) is 5.41 Å². The molecule has 1 spiro atoms. The normalized spacial score (nSPS) is 18.8. The molecule has 0 aromatic carbocycles.